The Hall–Kier alpha value is -5.42. The minimum atomic E-state index is -3.92. The summed E-state index contributed by atoms with van der Waals surface area (Å²) in [5, 5.41) is 46.8. The van der Waals surface area contributed by atoms with Gasteiger partial charge in [0.15, 0.2) is 12.2 Å². The molecule has 2 aromatic rings. The molecule has 0 amide bonds. The molecule has 0 aliphatic carbocycles. The number of quaternary nitrogens is 3. The van der Waals surface area contributed by atoms with Crippen molar-refractivity contribution >= 4 is 34.0 Å². The zero-order valence-electron chi connectivity index (χ0n) is 29.8. The first-order valence-corrected chi connectivity index (χ1v) is 17.6. The predicted molar refractivity (Wildman–Crippen MR) is 179 cm³/mol. The molecule has 0 aromatic heterocycles. The van der Waals surface area contributed by atoms with Crippen LogP contribution in [0, 0.1) is 34.0 Å². The molecule has 0 saturated carbocycles. The number of hydrogen-bond donors (Lipinski definition) is 3. The maximum atomic E-state index is 12.0. The van der Waals surface area contributed by atoms with Crippen LogP contribution in [0.3, 0.4) is 0 Å². The zero-order chi connectivity index (χ0) is 40.7. The van der Waals surface area contributed by atoms with Crippen molar-refractivity contribution in [3.05, 3.63) is 71.8 Å². The Balaban J connectivity index is -0.000000747. The van der Waals surface area contributed by atoms with Gasteiger partial charge in [0.05, 0.1) is 88.8 Å². The van der Waals surface area contributed by atoms with Crippen LogP contribution in [0.2, 0.25) is 0 Å². The smallest absolute Gasteiger partial charge is 0.338 e. The van der Waals surface area contributed by atoms with Crippen molar-refractivity contribution in [3.63, 3.8) is 0 Å². The van der Waals surface area contributed by atoms with E-state index in [4.69, 9.17) is 28.8 Å². The van der Waals surface area contributed by atoms with Gasteiger partial charge in [-0.2, -0.15) is 15.8 Å². The van der Waals surface area contributed by atoms with Crippen molar-refractivity contribution in [2.75, 3.05) is 6.26 Å². The van der Waals surface area contributed by atoms with Crippen LogP contribution >= 0.6 is 0 Å². The average molecular weight is 749 g/mol. The van der Waals surface area contributed by atoms with Gasteiger partial charge in [-0.25, -0.2) is 18.0 Å². The second-order valence-electron chi connectivity index (χ2n) is 10.6. The standard InChI is InChI=1S/C18H14O8.3C5H10N2.CH4O3S/c19-15(20)13(25-17(23)11-7-3-1-4-8-11)14(16(21)22)26-18(24)12-9-5-2-6-10-12;3*1-2-5(7)3-4-6;1-5(2,3)4/h1-10,13-14H,(H,19,20)(H,21,22);3*5H,2-3,7H2,1H3;1H3,(H,2,3,4)/t13-,14-;3*5-;/m1111./s1. The van der Waals surface area contributed by atoms with Gasteiger partial charge in [0.1, 0.15) is 0 Å². The van der Waals surface area contributed by atoms with Crippen molar-refractivity contribution in [2.24, 2.45) is 0 Å². The van der Waals surface area contributed by atoms with E-state index in [1.807, 2.05) is 20.8 Å². The molecule has 52 heavy (non-hydrogen) atoms. The molecule has 2 rings (SSSR count). The van der Waals surface area contributed by atoms with Crippen molar-refractivity contribution < 1.29 is 69.0 Å². The van der Waals surface area contributed by atoms with Gasteiger partial charge in [0.25, 0.3) is 0 Å². The number of carboxylic acids is 2. The molecule has 5 atom stereocenters. The third-order valence-corrected chi connectivity index (χ3v) is 6.10. The second-order valence-corrected chi connectivity index (χ2v) is 12.0. The number of carbonyl (C=O) groups excluding carboxylic acids is 4. The predicted octanol–water partition coefficient (Wildman–Crippen LogP) is -2.14. The highest BCUT2D eigenvalue weighted by Crippen LogP contribution is 2.12. The number of ether oxygens (including phenoxy) is 2. The van der Waals surface area contributed by atoms with Crippen LogP contribution in [-0.4, -0.2) is 73.4 Å². The van der Waals surface area contributed by atoms with E-state index >= 15 is 0 Å². The highest BCUT2D eigenvalue weighted by atomic mass is 32.2. The minimum Gasteiger partial charge on any atom is -0.748 e. The van der Waals surface area contributed by atoms with Gasteiger partial charge in [0, 0.05) is 6.26 Å². The number of hydrogen-bond acceptors (Lipinski definition) is 14. The van der Waals surface area contributed by atoms with Crippen LogP contribution in [0.5, 0.6) is 0 Å². The van der Waals surface area contributed by atoms with Gasteiger partial charge in [-0.05, 0) is 43.5 Å². The van der Waals surface area contributed by atoms with Gasteiger partial charge < -0.3 is 51.0 Å². The van der Waals surface area contributed by atoms with E-state index in [0.717, 1.165) is 19.3 Å². The molecule has 286 valence electrons. The van der Waals surface area contributed by atoms with Gasteiger partial charge in [-0.3, -0.25) is 0 Å². The summed E-state index contributed by atoms with van der Waals surface area (Å²) in [5.41, 5.74) is 11.1. The Kier molecular flexibility index (Phi) is 29.8. The normalized spacial score (nSPS) is 12.5. The fourth-order valence-electron chi connectivity index (χ4n) is 2.80. The number of aliphatic carboxylic acids is 2. The highest BCUT2D eigenvalue weighted by molar-refractivity contribution is 7.84. The third-order valence-electron chi connectivity index (χ3n) is 6.10. The lowest BCUT2D eigenvalue weighted by Gasteiger charge is -2.28. The molecule has 0 aliphatic heterocycles. The molecular weight excluding hydrogens is 700 g/mol. The molecule has 0 unspecified atom stereocenters. The Morgan fingerprint density at radius 3 is 1.02 bits per heavy atom. The molecular formula is C34H48N6O11S. The Bertz CT molecular complexity index is 1430. The molecule has 0 radical (unpaired) electrons. The molecule has 18 heteroatoms. The quantitative estimate of drug-likeness (QED) is 0.145. The molecule has 0 bridgehead atoms. The summed E-state index contributed by atoms with van der Waals surface area (Å²) in [5.74, 6) is -6.35. The van der Waals surface area contributed by atoms with Crippen molar-refractivity contribution in [1.82, 2.24) is 0 Å². The maximum absolute atomic E-state index is 12.0. The first kappa shape index (κ1) is 51.0. The van der Waals surface area contributed by atoms with Crippen LogP contribution < -0.4 is 27.4 Å². The number of rotatable bonds is 13. The molecule has 2 aromatic carbocycles. The molecule has 0 fully saturated rings. The molecule has 0 aliphatic rings. The number of carbonyl (C=O) groups is 4. The Morgan fingerprint density at radius 1 is 0.635 bits per heavy atom. The SMILES string of the molecule is CC[C@@H]([NH3+])CC#N.CC[C@@H]([NH3+])CC#N.CC[C@@H]([NH3+])CC#N.CS(=O)(=O)[O-].O=C(O[C@@H](C(=O)[O-])[C@@H](OC(=O)c1ccccc1)C(=O)[O-])c1ccccc1. The first-order valence-electron chi connectivity index (χ1n) is 15.8. The molecule has 17 nitrogen and oxygen atoms in total. The van der Waals surface area contributed by atoms with Crippen LogP contribution in [0.25, 0.3) is 0 Å². The number of nitrogens with zero attached hydrogens (tertiary/aromatic N) is 3. The number of carboxylic acid groups (broad SMARTS) is 2. The van der Waals surface area contributed by atoms with E-state index in [9.17, 15) is 29.4 Å². The number of esters is 2. The molecule has 0 heterocycles. The summed E-state index contributed by atoms with van der Waals surface area (Å²) in [6, 6.07) is 21.7. The average Bonchev–Trinajstić information content (AvgIpc) is 3.10. The largest absolute Gasteiger partial charge is 0.748 e. The Labute approximate surface area is 304 Å². The summed E-state index contributed by atoms with van der Waals surface area (Å²) < 4.78 is 36.5. The lowest BCUT2D eigenvalue weighted by atomic mass is 10.1. The number of benzene rings is 2. The monoisotopic (exact) mass is 748 g/mol. The summed E-state index contributed by atoms with van der Waals surface area (Å²) in [6.45, 7) is 6.11. The summed E-state index contributed by atoms with van der Waals surface area (Å²) in [4.78, 5) is 46.5. The highest BCUT2D eigenvalue weighted by Gasteiger charge is 2.32. The van der Waals surface area contributed by atoms with Gasteiger partial charge >= 0.3 is 11.9 Å². The molecule has 0 spiro atoms. The van der Waals surface area contributed by atoms with Gasteiger partial charge in [-0.15, -0.1) is 0 Å². The lowest BCUT2D eigenvalue weighted by Crippen LogP contribution is -2.60. The topological polar surface area (TPSA) is 344 Å². The van der Waals surface area contributed by atoms with Crippen molar-refractivity contribution in [3.8, 4) is 18.2 Å². The van der Waals surface area contributed by atoms with Crippen LogP contribution in [0.4, 0.5) is 0 Å². The van der Waals surface area contributed by atoms with Gasteiger partial charge in [0.2, 0.25) is 0 Å². The van der Waals surface area contributed by atoms with Crippen LogP contribution in [0.15, 0.2) is 60.7 Å². The molecule has 9 N–H and O–H groups in total. The van der Waals surface area contributed by atoms with E-state index in [-0.39, 0.29) is 11.1 Å². The minimum absolute atomic E-state index is 0.0229. The summed E-state index contributed by atoms with van der Waals surface area (Å²) in [6.07, 6.45) is 0.631. The Morgan fingerprint density at radius 2 is 0.865 bits per heavy atom. The summed E-state index contributed by atoms with van der Waals surface area (Å²) in [7, 11) is -3.92. The zero-order valence-corrected chi connectivity index (χ0v) is 30.6. The van der Waals surface area contributed by atoms with Crippen LogP contribution in [-0.2, 0) is 29.2 Å². The van der Waals surface area contributed by atoms with Gasteiger partial charge in [-0.1, -0.05) is 57.2 Å². The fraction of sp³-hybridized carbons (Fsp3) is 0.441. The van der Waals surface area contributed by atoms with Crippen LogP contribution in [0.1, 0.15) is 80.0 Å². The number of nitriles is 3. The lowest BCUT2D eigenvalue weighted by molar-refractivity contribution is -0.419. The fourth-order valence-corrected chi connectivity index (χ4v) is 2.80. The van der Waals surface area contributed by atoms with E-state index in [2.05, 4.69) is 44.9 Å². The van der Waals surface area contributed by atoms with E-state index in [0.29, 0.717) is 43.6 Å². The van der Waals surface area contributed by atoms with Crippen molar-refractivity contribution in [2.45, 2.75) is 89.6 Å². The summed E-state index contributed by atoms with van der Waals surface area (Å²) >= 11 is 0. The first-order chi connectivity index (χ1) is 24.3. The third kappa shape index (κ3) is 29.5. The molecule has 0 saturated heterocycles. The van der Waals surface area contributed by atoms with E-state index < -0.39 is 46.2 Å². The second kappa shape index (κ2) is 30.4. The van der Waals surface area contributed by atoms with E-state index in [1.54, 1.807) is 12.1 Å². The maximum Gasteiger partial charge on any atom is 0.338 e. The van der Waals surface area contributed by atoms with Crippen molar-refractivity contribution in [1.29, 1.82) is 15.8 Å². The van der Waals surface area contributed by atoms with E-state index in [1.165, 1.54) is 48.5 Å².